The molecular formula is C28H31N3O3. The third kappa shape index (κ3) is 6.38. The van der Waals surface area contributed by atoms with E-state index in [1.54, 1.807) is 0 Å². The molecule has 34 heavy (non-hydrogen) atoms. The highest BCUT2D eigenvalue weighted by atomic mass is 16.5. The normalized spacial score (nSPS) is 10.9. The molecule has 0 bridgehead atoms. The molecule has 0 aliphatic carbocycles. The van der Waals surface area contributed by atoms with Crippen LogP contribution in [-0.2, 0) is 24.2 Å². The van der Waals surface area contributed by atoms with Gasteiger partial charge in [-0.15, -0.1) is 0 Å². The van der Waals surface area contributed by atoms with Gasteiger partial charge >= 0.3 is 0 Å². The fraction of sp³-hybridized carbons (Fsp3) is 0.286. The molecule has 6 heteroatoms. The maximum Gasteiger partial charge on any atom is 0.257 e. The van der Waals surface area contributed by atoms with Gasteiger partial charge in [-0.1, -0.05) is 49.4 Å². The maximum absolute atomic E-state index is 12.1. The van der Waals surface area contributed by atoms with Gasteiger partial charge in [-0.05, 0) is 54.8 Å². The molecule has 0 atom stereocenters. The predicted molar refractivity (Wildman–Crippen MR) is 134 cm³/mol. The van der Waals surface area contributed by atoms with E-state index >= 15 is 0 Å². The van der Waals surface area contributed by atoms with E-state index in [0.29, 0.717) is 25.4 Å². The molecule has 0 radical (unpaired) electrons. The average Bonchev–Trinajstić information content (AvgIpc) is 3.24. The Kier molecular flexibility index (Phi) is 8.17. The number of amides is 1. The summed E-state index contributed by atoms with van der Waals surface area (Å²) in [5.41, 5.74) is 3.38. The third-order valence-corrected chi connectivity index (χ3v) is 5.66. The van der Waals surface area contributed by atoms with Crippen LogP contribution in [0.15, 0.2) is 78.9 Å². The SMILES string of the molecule is CCc1ccc(OCCn2c(CCCNC(=O)COc3ccccc3)nc3ccccc32)cc1. The number of hydrogen-bond acceptors (Lipinski definition) is 4. The second kappa shape index (κ2) is 11.9. The van der Waals surface area contributed by atoms with E-state index in [1.807, 2.05) is 60.7 Å². The van der Waals surface area contributed by atoms with Crippen LogP contribution < -0.4 is 14.8 Å². The van der Waals surface area contributed by atoms with Gasteiger partial charge in [0.15, 0.2) is 6.61 Å². The molecule has 176 valence electrons. The van der Waals surface area contributed by atoms with Gasteiger partial charge in [-0.3, -0.25) is 4.79 Å². The van der Waals surface area contributed by atoms with Crippen LogP contribution in [0.3, 0.4) is 0 Å². The van der Waals surface area contributed by atoms with Crippen molar-refractivity contribution in [1.29, 1.82) is 0 Å². The smallest absolute Gasteiger partial charge is 0.257 e. The number of benzene rings is 3. The largest absolute Gasteiger partial charge is 0.492 e. The van der Waals surface area contributed by atoms with Gasteiger partial charge in [0.1, 0.15) is 23.9 Å². The van der Waals surface area contributed by atoms with Crippen molar-refractivity contribution in [2.75, 3.05) is 19.8 Å². The summed E-state index contributed by atoms with van der Waals surface area (Å²) in [5.74, 6) is 2.44. The first-order valence-electron chi connectivity index (χ1n) is 11.8. The first kappa shape index (κ1) is 23.4. The Morgan fingerprint density at radius 1 is 0.912 bits per heavy atom. The van der Waals surface area contributed by atoms with Gasteiger partial charge in [-0.25, -0.2) is 4.98 Å². The standard InChI is InChI=1S/C28H31N3O3/c1-2-22-14-16-24(17-15-22)33-20-19-31-26-12-7-6-11-25(26)30-27(31)13-8-18-29-28(32)21-34-23-9-4-3-5-10-23/h3-7,9-12,14-17H,2,8,13,18-21H2,1H3,(H,29,32). The molecule has 0 saturated carbocycles. The second-order valence-electron chi connectivity index (χ2n) is 8.07. The maximum atomic E-state index is 12.1. The molecule has 4 rings (SSSR count). The van der Waals surface area contributed by atoms with E-state index < -0.39 is 0 Å². The first-order valence-corrected chi connectivity index (χ1v) is 11.8. The number of ether oxygens (including phenoxy) is 2. The number of aryl methyl sites for hydroxylation is 2. The molecule has 0 spiro atoms. The number of aromatic nitrogens is 2. The molecule has 1 amide bonds. The lowest BCUT2D eigenvalue weighted by Gasteiger charge is -2.12. The molecule has 0 aliphatic rings. The van der Waals surface area contributed by atoms with Gasteiger partial charge in [0.25, 0.3) is 5.91 Å². The van der Waals surface area contributed by atoms with Crippen LogP contribution in [-0.4, -0.2) is 35.2 Å². The van der Waals surface area contributed by atoms with Crippen molar-refractivity contribution in [2.24, 2.45) is 0 Å². The predicted octanol–water partition coefficient (Wildman–Crippen LogP) is 4.81. The highest BCUT2D eigenvalue weighted by Gasteiger charge is 2.11. The summed E-state index contributed by atoms with van der Waals surface area (Å²) in [5, 5.41) is 2.92. The summed E-state index contributed by atoms with van der Waals surface area (Å²) < 4.78 is 13.7. The minimum atomic E-state index is -0.125. The average molecular weight is 458 g/mol. The summed E-state index contributed by atoms with van der Waals surface area (Å²) in [4.78, 5) is 16.9. The molecule has 0 aliphatic heterocycles. The molecule has 6 nitrogen and oxygen atoms in total. The molecule has 0 unspecified atom stereocenters. The Labute approximate surface area is 200 Å². The fourth-order valence-electron chi connectivity index (χ4n) is 3.83. The summed E-state index contributed by atoms with van der Waals surface area (Å²) in [6, 6.07) is 25.8. The number of imidazole rings is 1. The number of carbonyl (C=O) groups excluding carboxylic acids is 1. The van der Waals surface area contributed by atoms with Crippen LogP contribution in [0.2, 0.25) is 0 Å². The lowest BCUT2D eigenvalue weighted by molar-refractivity contribution is -0.123. The van der Waals surface area contributed by atoms with Crippen molar-refractivity contribution < 1.29 is 14.3 Å². The van der Waals surface area contributed by atoms with Crippen molar-refractivity contribution in [3.05, 3.63) is 90.3 Å². The summed E-state index contributed by atoms with van der Waals surface area (Å²) in [6.45, 7) is 4.00. The Morgan fingerprint density at radius 2 is 1.65 bits per heavy atom. The van der Waals surface area contributed by atoms with Crippen LogP contribution in [0.5, 0.6) is 11.5 Å². The highest BCUT2D eigenvalue weighted by molar-refractivity contribution is 5.77. The monoisotopic (exact) mass is 457 g/mol. The second-order valence-corrected chi connectivity index (χ2v) is 8.07. The number of hydrogen-bond donors (Lipinski definition) is 1. The van der Waals surface area contributed by atoms with Gasteiger partial charge in [0.05, 0.1) is 17.6 Å². The number of fused-ring (bicyclic) bond motifs is 1. The Morgan fingerprint density at radius 3 is 2.44 bits per heavy atom. The van der Waals surface area contributed by atoms with E-state index in [4.69, 9.17) is 14.5 Å². The van der Waals surface area contributed by atoms with Crippen molar-refractivity contribution in [1.82, 2.24) is 14.9 Å². The molecule has 1 aromatic heterocycles. The quantitative estimate of drug-likeness (QED) is 0.310. The summed E-state index contributed by atoms with van der Waals surface area (Å²) >= 11 is 0. The number of nitrogens with one attached hydrogen (secondary N) is 1. The number of para-hydroxylation sites is 3. The highest BCUT2D eigenvalue weighted by Crippen LogP contribution is 2.18. The van der Waals surface area contributed by atoms with Crippen LogP contribution in [0.25, 0.3) is 11.0 Å². The zero-order valence-electron chi connectivity index (χ0n) is 19.6. The van der Waals surface area contributed by atoms with Gasteiger partial charge in [0.2, 0.25) is 0 Å². The fourth-order valence-corrected chi connectivity index (χ4v) is 3.83. The molecule has 3 aromatic carbocycles. The van der Waals surface area contributed by atoms with Crippen LogP contribution in [0, 0.1) is 0 Å². The Balaban J connectivity index is 1.28. The number of nitrogens with zero attached hydrogens (tertiary/aromatic N) is 2. The van der Waals surface area contributed by atoms with Crippen molar-refractivity contribution in [3.8, 4) is 11.5 Å². The Hall–Kier alpha value is -3.80. The lowest BCUT2D eigenvalue weighted by Crippen LogP contribution is -2.30. The minimum absolute atomic E-state index is 0.0130. The molecule has 1 N–H and O–H groups in total. The molecule has 4 aromatic rings. The van der Waals surface area contributed by atoms with E-state index in [-0.39, 0.29) is 12.5 Å². The zero-order valence-corrected chi connectivity index (χ0v) is 19.6. The van der Waals surface area contributed by atoms with Gasteiger partial charge < -0.3 is 19.4 Å². The molecular weight excluding hydrogens is 426 g/mol. The zero-order chi connectivity index (χ0) is 23.6. The number of rotatable bonds is 12. The lowest BCUT2D eigenvalue weighted by atomic mass is 10.2. The molecule has 1 heterocycles. The molecule has 0 saturated heterocycles. The van der Waals surface area contributed by atoms with E-state index in [2.05, 4.69) is 35.0 Å². The van der Waals surface area contributed by atoms with E-state index in [1.165, 1.54) is 5.56 Å². The topological polar surface area (TPSA) is 65.4 Å². The van der Waals surface area contributed by atoms with Crippen LogP contribution >= 0.6 is 0 Å². The third-order valence-electron chi connectivity index (χ3n) is 5.66. The van der Waals surface area contributed by atoms with Gasteiger partial charge in [-0.2, -0.15) is 0 Å². The summed E-state index contributed by atoms with van der Waals surface area (Å²) in [7, 11) is 0. The van der Waals surface area contributed by atoms with E-state index in [9.17, 15) is 4.79 Å². The van der Waals surface area contributed by atoms with Crippen molar-refractivity contribution in [2.45, 2.75) is 32.7 Å². The van der Waals surface area contributed by atoms with Gasteiger partial charge in [0, 0.05) is 13.0 Å². The molecule has 0 fully saturated rings. The minimum Gasteiger partial charge on any atom is -0.492 e. The number of carbonyl (C=O) groups is 1. The van der Waals surface area contributed by atoms with Crippen LogP contribution in [0.1, 0.15) is 24.7 Å². The summed E-state index contributed by atoms with van der Waals surface area (Å²) in [6.07, 6.45) is 2.57. The van der Waals surface area contributed by atoms with E-state index in [0.717, 1.165) is 41.9 Å². The Bertz CT molecular complexity index is 1190. The van der Waals surface area contributed by atoms with Crippen LogP contribution in [0.4, 0.5) is 0 Å². The first-order chi connectivity index (χ1) is 16.7. The van der Waals surface area contributed by atoms with Crippen molar-refractivity contribution >= 4 is 16.9 Å². The van der Waals surface area contributed by atoms with Crippen molar-refractivity contribution in [3.63, 3.8) is 0 Å².